The lowest BCUT2D eigenvalue weighted by Crippen LogP contribution is -2.38. The van der Waals surface area contributed by atoms with Gasteiger partial charge in [0.1, 0.15) is 0 Å². The van der Waals surface area contributed by atoms with E-state index in [1.165, 1.54) is 0 Å². The van der Waals surface area contributed by atoms with Crippen LogP contribution in [0.5, 0.6) is 0 Å². The average Bonchev–Trinajstić information content (AvgIpc) is 2.83. The highest BCUT2D eigenvalue weighted by Gasteiger charge is 2.33. The molecule has 0 saturated carbocycles. The normalized spacial score (nSPS) is 21.6. The van der Waals surface area contributed by atoms with Crippen LogP contribution in [0.25, 0.3) is 0 Å². The summed E-state index contributed by atoms with van der Waals surface area (Å²) < 4.78 is 5.10. The van der Waals surface area contributed by atoms with Crippen LogP contribution in [0.3, 0.4) is 0 Å². The topological polar surface area (TPSA) is 78.9 Å². The quantitative estimate of drug-likeness (QED) is 0.614. The van der Waals surface area contributed by atoms with Gasteiger partial charge in [0, 0.05) is 33.0 Å². The monoisotopic (exact) mass is 300 g/mol. The summed E-state index contributed by atoms with van der Waals surface area (Å²) in [7, 11) is 1.61. The third-order valence-corrected chi connectivity index (χ3v) is 3.78. The molecule has 0 unspecified atom stereocenters. The molecule has 2 atom stereocenters. The predicted octanol–water partition coefficient (Wildman–Crippen LogP) is 0.681. The minimum Gasteiger partial charge on any atom is -0.391 e. The maximum absolute atomic E-state index is 12.2. The summed E-state index contributed by atoms with van der Waals surface area (Å²) in [5.41, 5.74) is 0. The van der Waals surface area contributed by atoms with Crippen molar-refractivity contribution in [3.05, 3.63) is 0 Å². The summed E-state index contributed by atoms with van der Waals surface area (Å²) >= 11 is 0. The second-order valence-corrected chi connectivity index (χ2v) is 5.56. The van der Waals surface area contributed by atoms with Gasteiger partial charge in [0.05, 0.1) is 18.8 Å². The molecular formula is C15H28N2O4. The second kappa shape index (κ2) is 9.73. The first-order chi connectivity index (χ1) is 10.1. The van der Waals surface area contributed by atoms with Crippen molar-refractivity contribution < 1.29 is 19.4 Å². The Morgan fingerprint density at radius 1 is 1.33 bits per heavy atom. The first-order valence-electron chi connectivity index (χ1n) is 7.81. The number of likely N-dealkylation sites (tertiary alicyclic amines) is 1. The summed E-state index contributed by atoms with van der Waals surface area (Å²) in [6, 6.07) is 0.00124. The van der Waals surface area contributed by atoms with E-state index in [0.717, 1.165) is 19.3 Å². The first kappa shape index (κ1) is 17.9. The van der Waals surface area contributed by atoms with Crippen LogP contribution < -0.4 is 5.32 Å². The van der Waals surface area contributed by atoms with Crippen molar-refractivity contribution in [1.82, 2.24) is 10.2 Å². The molecule has 1 heterocycles. The van der Waals surface area contributed by atoms with Gasteiger partial charge in [0.15, 0.2) is 0 Å². The van der Waals surface area contributed by atoms with Gasteiger partial charge in [-0.15, -0.1) is 0 Å². The molecule has 21 heavy (non-hydrogen) atoms. The Labute approximate surface area is 126 Å². The van der Waals surface area contributed by atoms with Crippen molar-refractivity contribution in [3.63, 3.8) is 0 Å². The molecule has 1 aliphatic heterocycles. The van der Waals surface area contributed by atoms with Gasteiger partial charge in [-0.3, -0.25) is 9.59 Å². The van der Waals surface area contributed by atoms with E-state index >= 15 is 0 Å². The number of β-amino-alcohol motifs (C(OH)–C–C–N with tert-alkyl or cyclic N) is 1. The smallest absolute Gasteiger partial charge is 0.222 e. The Morgan fingerprint density at radius 3 is 2.76 bits per heavy atom. The molecule has 6 heteroatoms. The zero-order chi connectivity index (χ0) is 15.7. The van der Waals surface area contributed by atoms with Crippen LogP contribution >= 0.6 is 0 Å². The SMILES string of the molecule is CCC(=O)NCCCCCC(=O)N1C[C@H](O)C[C@H]1COC. The second-order valence-electron chi connectivity index (χ2n) is 5.56. The van der Waals surface area contributed by atoms with E-state index in [0.29, 0.717) is 39.0 Å². The number of unbranched alkanes of at least 4 members (excludes halogenated alkanes) is 2. The lowest BCUT2D eigenvalue weighted by molar-refractivity contribution is -0.133. The van der Waals surface area contributed by atoms with Crippen LogP contribution in [-0.2, 0) is 14.3 Å². The van der Waals surface area contributed by atoms with E-state index in [2.05, 4.69) is 5.32 Å². The lowest BCUT2D eigenvalue weighted by Gasteiger charge is -2.23. The third-order valence-electron chi connectivity index (χ3n) is 3.78. The van der Waals surface area contributed by atoms with Gasteiger partial charge >= 0.3 is 0 Å². The molecule has 0 bridgehead atoms. The third kappa shape index (κ3) is 6.44. The zero-order valence-electron chi connectivity index (χ0n) is 13.1. The van der Waals surface area contributed by atoms with Crippen LogP contribution in [0.4, 0.5) is 0 Å². The number of methoxy groups -OCH3 is 1. The van der Waals surface area contributed by atoms with Crippen LogP contribution in [0.2, 0.25) is 0 Å². The van der Waals surface area contributed by atoms with Crippen molar-refractivity contribution in [3.8, 4) is 0 Å². The molecule has 122 valence electrons. The minimum absolute atomic E-state index is 0.00124. The maximum atomic E-state index is 12.2. The molecule has 1 rings (SSSR count). The fourth-order valence-corrected chi connectivity index (χ4v) is 2.62. The predicted molar refractivity (Wildman–Crippen MR) is 79.8 cm³/mol. The van der Waals surface area contributed by atoms with E-state index in [4.69, 9.17) is 4.74 Å². The molecular weight excluding hydrogens is 272 g/mol. The van der Waals surface area contributed by atoms with Gasteiger partial charge < -0.3 is 20.1 Å². The zero-order valence-corrected chi connectivity index (χ0v) is 13.1. The average molecular weight is 300 g/mol. The molecule has 0 aromatic heterocycles. The van der Waals surface area contributed by atoms with Crippen molar-refractivity contribution in [2.45, 2.75) is 57.6 Å². The number of carbonyl (C=O) groups excluding carboxylic acids is 2. The molecule has 6 nitrogen and oxygen atoms in total. The van der Waals surface area contributed by atoms with Gasteiger partial charge in [-0.1, -0.05) is 13.3 Å². The number of carbonyl (C=O) groups is 2. The van der Waals surface area contributed by atoms with E-state index in [9.17, 15) is 14.7 Å². The molecule has 0 aliphatic carbocycles. The fraction of sp³-hybridized carbons (Fsp3) is 0.867. The Morgan fingerprint density at radius 2 is 2.10 bits per heavy atom. The first-order valence-corrected chi connectivity index (χ1v) is 7.81. The number of nitrogens with zero attached hydrogens (tertiary/aromatic N) is 1. The lowest BCUT2D eigenvalue weighted by atomic mass is 10.1. The van der Waals surface area contributed by atoms with Crippen molar-refractivity contribution in [2.75, 3.05) is 26.8 Å². The Hall–Kier alpha value is -1.14. The summed E-state index contributed by atoms with van der Waals surface area (Å²) in [4.78, 5) is 24.9. The highest BCUT2D eigenvalue weighted by atomic mass is 16.5. The maximum Gasteiger partial charge on any atom is 0.222 e. The van der Waals surface area contributed by atoms with Gasteiger partial charge in [-0.05, 0) is 19.3 Å². The van der Waals surface area contributed by atoms with E-state index in [1.807, 2.05) is 6.92 Å². The van der Waals surface area contributed by atoms with E-state index < -0.39 is 6.10 Å². The molecule has 1 saturated heterocycles. The molecule has 0 spiro atoms. The molecule has 0 aromatic carbocycles. The fourth-order valence-electron chi connectivity index (χ4n) is 2.62. The van der Waals surface area contributed by atoms with Crippen molar-refractivity contribution in [2.24, 2.45) is 0 Å². The number of nitrogens with one attached hydrogen (secondary N) is 1. The number of hydrogen-bond acceptors (Lipinski definition) is 4. The Kier molecular flexibility index (Phi) is 8.30. The Balaban J connectivity index is 2.16. The van der Waals surface area contributed by atoms with Gasteiger partial charge in [-0.25, -0.2) is 0 Å². The van der Waals surface area contributed by atoms with Gasteiger partial charge in [-0.2, -0.15) is 0 Å². The molecule has 2 amide bonds. The summed E-state index contributed by atoms with van der Waals surface area (Å²) in [5.74, 6) is 0.158. The minimum atomic E-state index is -0.432. The standard InChI is InChI=1S/C15H28N2O4/c1-3-14(19)16-8-6-4-5-7-15(20)17-10-13(18)9-12(17)11-21-2/h12-13,18H,3-11H2,1-2H3,(H,16,19)/t12-,13+/m0/s1. The summed E-state index contributed by atoms with van der Waals surface area (Å²) in [6.07, 6.45) is 3.80. The highest BCUT2D eigenvalue weighted by molar-refractivity contribution is 5.77. The molecule has 2 N–H and O–H groups in total. The van der Waals surface area contributed by atoms with Crippen molar-refractivity contribution in [1.29, 1.82) is 0 Å². The van der Waals surface area contributed by atoms with Gasteiger partial charge in [0.25, 0.3) is 0 Å². The molecule has 0 radical (unpaired) electrons. The van der Waals surface area contributed by atoms with Crippen LogP contribution in [0.1, 0.15) is 45.4 Å². The molecule has 1 aliphatic rings. The molecule has 0 aromatic rings. The number of rotatable bonds is 9. The Bertz CT molecular complexity index is 336. The van der Waals surface area contributed by atoms with Crippen LogP contribution in [0, 0.1) is 0 Å². The number of hydrogen-bond donors (Lipinski definition) is 2. The molecule has 1 fully saturated rings. The number of ether oxygens (including phenoxy) is 1. The highest BCUT2D eigenvalue weighted by Crippen LogP contribution is 2.20. The van der Waals surface area contributed by atoms with E-state index in [1.54, 1.807) is 12.0 Å². The number of aliphatic hydroxyl groups excluding tert-OH is 1. The van der Waals surface area contributed by atoms with E-state index in [-0.39, 0.29) is 17.9 Å². The summed E-state index contributed by atoms with van der Waals surface area (Å²) in [5, 5.41) is 12.5. The largest absolute Gasteiger partial charge is 0.391 e. The summed E-state index contributed by atoms with van der Waals surface area (Å²) in [6.45, 7) is 3.40. The van der Waals surface area contributed by atoms with Crippen LogP contribution in [0.15, 0.2) is 0 Å². The number of aliphatic hydroxyl groups is 1. The van der Waals surface area contributed by atoms with Crippen LogP contribution in [-0.4, -0.2) is 60.8 Å². The van der Waals surface area contributed by atoms with Crippen molar-refractivity contribution >= 4 is 11.8 Å². The van der Waals surface area contributed by atoms with Gasteiger partial charge in [0.2, 0.25) is 11.8 Å². The number of amides is 2.